The van der Waals surface area contributed by atoms with Crippen molar-refractivity contribution in [1.29, 1.82) is 0 Å². The minimum absolute atomic E-state index is 0.518. The van der Waals surface area contributed by atoms with E-state index in [9.17, 15) is 0 Å². The number of nitrogens with zero attached hydrogens (tertiary/aromatic N) is 1. The lowest BCUT2D eigenvalue weighted by molar-refractivity contribution is 0.577. The maximum Gasteiger partial charge on any atom is 0.0445 e. The molecule has 0 aliphatic carbocycles. The highest BCUT2D eigenvalue weighted by molar-refractivity contribution is 5.94. The molecule has 0 saturated heterocycles. The average Bonchev–Trinajstić information content (AvgIpc) is 2.44. The lowest BCUT2D eigenvalue weighted by Crippen LogP contribution is -2.31. The molecule has 0 bridgehead atoms. The number of anilines is 1. The average molecular weight is 242 g/mol. The van der Waals surface area contributed by atoms with Gasteiger partial charge in [0.2, 0.25) is 0 Å². The molecule has 2 rings (SSSR count). The van der Waals surface area contributed by atoms with Gasteiger partial charge in [-0.2, -0.15) is 0 Å². The van der Waals surface area contributed by atoms with Crippen LogP contribution in [0.15, 0.2) is 42.5 Å². The highest BCUT2D eigenvalue weighted by atomic mass is 15.1. The minimum atomic E-state index is 0.518. The van der Waals surface area contributed by atoms with Crippen molar-refractivity contribution in [1.82, 2.24) is 0 Å². The first-order valence-electron chi connectivity index (χ1n) is 6.69. The van der Waals surface area contributed by atoms with Crippen molar-refractivity contribution in [2.24, 2.45) is 11.7 Å². The maximum absolute atomic E-state index is 5.74. The molecule has 18 heavy (non-hydrogen) atoms. The molecule has 0 aliphatic rings. The van der Waals surface area contributed by atoms with Gasteiger partial charge in [0.05, 0.1) is 0 Å². The molecule has 2 N–H and O–H groups in total. The first kappa shape index (κ1) is 12.9. The van der Waals surface area contributed by atoms with Crippen LogP contribution in [-0.4, -0.2) is 19.6 Å². The number of nitrogens with two attached hydrogens (primary N) is 1. The zero-order valence-corrected chi connectivity index (χ0v) is 11.3. The zero-order valence-electron chi connectivity index (χ0n) is 11.3. The third-order valence-corrected chi connectivity index (χ3v) is 3.42. The summed E-state index contributed by atoms with van der Waals surface area (Å²) in [6.45, 7) is 7.17. The van der Waals surface area contributed by atoms with Gasteiger partial charge in [0, 0.05) is 24.2 Å². The van der Waals surface area contributed by atoms with Crippen molar-refractivity contribution >= 4 is 16.5 Å². The molecule has 0 aromatic heterocycles. The maximum atomic E-state index is 5.74. The van der Waals surface area contributed by atoms with Crippen LogP contribution in [0.1, 0.15) is 13.8 Å². The fourth-order valence-electron chi connectivity index (χ4n) is 2.33. The van der Waals surface area contributed by atoms with E-state index in [0.717, 1.165) is 19.6 Å². The van der Waals surface area contributed by atoms with Gasteiger partial charge >= 0.3 is 0 Å². The van der Waals surface area contributed by atoms with Gasteiger partial charge in [0.25, 0.3) is 0 Å². The van der Waals surface area contributed by atoms with Gasteiger partial charge in [0.15, 0.2) is 0 Å². The van der Waals surface area contributed by atoms with Gasteiger partial charge in [0.1, 0.15) is 0 Å². The van der Waals surface area contributed by atoms with Crippen LogP contribution in [0.25, 0.3) is 10.8 Å². The molecule has 0 radical (unpaired) electrons. The molecule has 1 atom stereocenters. The van der Waals surface area contributed by atoms with Crippen LogP contribution in [-0.2, 0) is 0 Å². The van der Waals surface area contributed by atoms with E-state index in [1.807, 2.05) is 0 Å². The van der Waals surface area contributed by atoms with Gasteiger partial charge < -0.3 is 10.6 Å². The molecule has 2 nitrogen and oxygen atoms in total. The van der Waals surface area contributed by atoms with Crippen LogP contribution < -0.4 is 10.6 Å². The summed E-state index contributed by atoms with van der Waals surface area (Å²) in [5.74, 6) is 0.518. The number of hydrogen-bond donors (Lipinski definition) is 1. The summed E-state index contributed by atoms with van der Waals surface area (Å²) in [4.78, 5) is 2.42. The van der Waals surface area contributed by atoms with E-state index in [1.165, 1.54) is 16.5 Å². The second kappa shape index (κ2) is 5.87. The Kier molecular flexibility index (Phi) is 4.21. The Hall–Kier alpha value is -1.54. The van der Waals surface area contributed by atoms with E-state index in [4.69, 9.17) is 5.73 Å². The Labute approximate surface area is 109 Å². The summed E-state index contributed by atoms with van der Waals surface area (Å²) in [6, 6.07) is 15.1. The zero-order chi connectivity index (χ0) is 13.0. The summed E-state index contributed by atoms with van der Waals surface area (Å²) in [6.07, 6.45) is 0. The summed E-state index contributed by atoms with van der Waals surface area (Å²) in [5, 5.41) is 2.62. The molecule has 96 valence electrons. The van der Waals surface area contributed by atoms with Crippen LogP contribution in [0.2, 0.25) is 0 Å². The normalized spacial score (nSPS) is 12.6. The minimum Gasteiger partial charge on any atom is -0.371 e. The molecule has 0 aliphatic heterocycles. The third-order valence-electron chi connectivity index (χ3n) is 3.42. The fraction of sp³-hybridized carbons (Fsp3) is 0.375. The standard InChI is InChI=1S/C16H22N2/c1-3-18(12-13(2)11-17)16-10-6-8-14-7-4-5-9-15(14)16/h4-10,13H,3,11-12,17H2,1-2H3. The summed E-state index contributed by atoms with van der Waals surface area (Å²) >= 11 is 0. The molecule has 2 aromatic carbocycles. The Morgan fingerprint density at radius 3 is 2.56 bits per heavy atom. The second-order valence-electron chi connectivity index (χ2n) is 4.88. The van der Waals surface area contributed by atoms with E-state index in [2.05, 4.69) is 61.2 Å². The van der Waals surface area contributed by atoms with E-state index < -0.39 is 0 Å². The smallest absolute Gasteiger partial charge is 0.0445 e. The number of hydrogen-bond acceptors (Lipinski definition) is 2. The third kappa shape index (κ3) is 2.65. The molecular formula is C16H22N2. The topological polar surface area (TPSA) is 29.3 Å². The van der Waals surface area contributed by atoms with Gasteiger partial charge in [-0.3, -0.25) is 0 Å². The molecular weight excluding hydrogens is 220 g/mol. The predicted octanol–water partition coefficient (Wildman–Crippen LogP) is 3.26. The highest BCUT2D eigenvalue weighted by Crippen LogP contribution is 2.27. The fourth-order valence-corrected chi connectivity index (χ4v) is 2.33. The summed E-state index contributed by atoms with van der Waals surface area (Å²) < 4.78 is 0. The highest BCUT2D eigenvalue weighted by Gasteiger charge is 2.10. The van der Waals surface area contributed by atoms with Gasteiger partial charge in [-0.1, -0.05) is 43.3 Å². The first-order valence-corrected chi connectivity index (χ1v) is 6.69. The van der Waals surface area contributed by atoms with Crippen molar-refractivity contribution in [3.05, 3.63) is 42.5 Å². The summed E-state index contributed by atoms with van der Waals surface area (Å²) in [5.41, 5.74) is 7.05. The summed E-state index contributed by atoms with van der Waals surface area (Å²) in [7, 11) is 0. The van der Waals surface area contributed by atoms with E-state index in [-0.39, 0.29) is 0 Å². The van der Waals surface area contributed by atoms with E-state index in [0.29, 0.717) is 5.92 Å². The second-order valence-corrected chi connectivity index (χ2v) is 4.88. The Morgan fingerprint density at radius 1 is 1.11 bits per heavy atom. The molecule has 1 unspecified atom stereocenters. The monoisotopic (exact) mass is 242 g/mol. The van der Waals surface area contributed by atoms with Crippen molar-refractivity contribution in [3.8, 4) is 0 Å². The molecule has 0 fully saturated rings. The van der Waals surface area contributed by atoms with Crippen LogP contribution in [0.5, 0.6) is 0 Å². The molecule has 0 amide bonds. The molecule has 2 aromatic rings. The number of fused-ring (bicyclic) bond motifs is 1. The van der Waals surface area contributed by atoms with Crippen LogP contribution in [0, 0.1) is 5.92 Å². The molecule has 0 spiro atoms. The lowest BCUT2D eigenvalue weighted by atomic mass is 10.1. The van der Waals surface area contributed by atoms with E-state index in [1.54, 1.807) is 0 Å². The first-order chi connectivity index (χ1) is 8.76. The number of rotatable bonds is 5. The van der Waals surface area contributed by atoms with Crippen LogP contribution in [0.3, 0.4) is 0 Å². The Morgan fingerprint density at radius 2 is 1.83 bits per heavy atom. The van der Waals surface area contributed by atoms with E-state index >= 15 is 0 Å². The van der Waals surface area contributed by atoms with Crippen molar-refractivity contribution in [2.45, 2.75) is 13.8 Å². The molecule has 0 saturated carbocycles. The molecule has 2 heteroatoms. The Bertz CT molecular complexity index is 502. The molecule has 0 heterocycles. The lowest BCUT2D eigenvalue weighted by Gasteiger charge is -2.27. The van der Waals surface area contributed by atoms with Gasteiger partial charge in [-0.25, -0.2) is 0 Å². The SMILES string of the molecule is CCN(CC(C)CN)c1cccc2ccccc12. The van der Waals surface area contributed by atoms with Crippen molar-refractivity contribution in [3.63, 3.8) is 0 Å². The van der Waals surface area contributed by atoms with Crippen LogP contribution in [0.4, 0.5) is 5.69 Å². The largest absolute Gasteiger partial charge is 0.371 e. The van der Waals surface area contributed by atoms with Gasteiger partial charge in [-0.15, -0.1) is 0 Å². The van der Waals surface area contributed by atoms with Crippen molar-refractivity contribution in [2.75, 3.05) is 24.5 Å². The number of benzene rings is 2. The Balaban J connectivity index is 2.38. The quantitative estimate of drug-likeness (QED) is 0.872. The van der Waals surface area contributed by atoms with Crippen molar-refractivity contribution < 1.29 is 0 Å². The predicted molar refractivity (Wildman–Crippen MR) is 80.1 cm³/mol. The van der Waals surface area contributed by atoms with Gasteiger partial charge in [-0.05, 0) is 30.8 Å². The van der Waals surface area contributed by atoms with Crippen LogP contribution >= 0.6 is 0 Å².